The Kier molecular flexibility index (Phi) is 51.5. The molecule has 1 N–H and O–H groups in total. The van der Waals surface area contributed by atoms with E-state index in [0.717, 1.165) is 109 Å². The minimum Gasteiger partial charge on any atom is -0.756 e. The summed E-state index contributed by atoms with van der Waals surface area (Å²) in [6.07, 6.45) is 66.0. The Morgan fingerprint density at radius 2 is 0.836 bits per heavy atom. The number of amides is 1. The van der Waals surface area contributed by atoms with Crippen LogP contribution in [-0.2, 0) is 27.9 Å². The second-order valence-electron chi connectivity index (χ2n) is 21.8. The van der Waals surface area contributed by atoms with Crippen molar-refractivity contribution in [1.29, 1.82) is 0 Å². The highest BCUT2D eigenvalue weighted by Crippen LogP contribution is 2.38. The van der Waals surface area contributed by atoms with Crippen molar-refractivity contribution in [3.8, 4) is 0 Å². The lowest BCUT2D eigenvalue weighted by atomic mass is 10.0. The van der Waals surface area contributed by atoms with E-state index in [4.69, 9.17) is 13.8 Å². The fourth-order valence-corrected chi connectivity index (χ4v) is 9.36. The molecule has 0 aromatic rings. The molecule has 0 radical (unpaired) electrons. The molecule has 0 aromatic carbocycles. The predicted octanol–water partition coefficient (Wildman–Crippen LogP) is 18.0. The first-order valence-corrected chi connectivity index (χ1v) is 32.1. The molecule has 0 bridgehead atoms. The quantitative estimate of drug-likeness (QED) is 0.0212. The van der Waals surface area contributed by atoms with Gasteiger partial charge in [-0.15, -0.1) is 0 Å². The second kappa shape index (κ2) is 53.1. The van der Waals surface area contributed by atoms with Crippen LogP contribution < -0.4 is 10.2 Å². The largest absolute Gasteiger partial charge is 0.756 e. The molecule has 10 heteroatoms. The van der Waals surface area contributed by atoms with Gasteiger partial charge in [0.15, 0.2) is 0 Å². The summed E-state index contributed by atoms with van der Waals surface area (Å²) in [7, 11) is 1.17. The molecule has 0 saturated carbocycles. The van der Waals surface area contributed by atoms with E-state index in [1.165, 1.54) is 135 Å². The molecule has 0 aromatic heterocycles. The number of carbonyl (C=O) groups is 2. The van der Waals surface area contributed by atoms with E-state index >= 15 is 0 Å². The topological polar surface area (TPSA) is 114 Å². The van der Waals surface area contributed by atoms with Gasteiger partial charge in [-0.05, 0) is 96.0 Å². The van der Waals surface area contributed by atoms with E-state index in [2.05, 4.69) is 74.7 Å². The molecule has 0 fully saturated rings. The second-order valence-corrected chi connectivity index (χ2v) is 23.3. The highest BCUT2D eigenvalue weighted by atomic mass is 31.2. The first-order valence-electron chi connectivity index (χ1n) is 30.6. The Bertz CT molecular complexity index is 1440. The summed E-state index contributed by atoms with van der Waals surface area (Å²) in [5.41, 5.74) is 0. The summed E-state index contributed by atoms with van der Waals surface area (Å²) < 4.78 is 30.3. The van der Waals surface area contributed by atoms with Crippen molar-refractivity contribution in [2.45, 2.75) is 290 Å². The molecule has 0 rings (SSSR count). The first-order chi connectivity index (χ1) is 35.4. The summed E-state index contributed by atoms with van der Waals surface area (Å²) in [6.45, 7) is 6.80. The number of nitrogens with one attached hydrogen (secondary N) is 1. The molecular formula is C63H117N2O7P. The average molecular weight is 1050 g/mol. The summed E-state index contributed by atoms with van der Waals surface area (Å²) in [5, 5.41) is 3.02. The molecule has 0 aliphatic carbocycles. The van der Waals surface area contributed by atoms with E-state index in [1.54, 1.807) is 0 Å². The molecule has 3 atom stereocenters. The smallest absolute Gasteiger partial charge is 0.306 e. The standard InChI is InChI=1S/C63H117N2O7P/c1-7-10-13-16-19-22-25-28-30-31-32-33-35-37-40-43-46-49-52-55-62(66)64-60(59-71-73(68,69)70-58-57-65(4,5)6)61(54-51-48-45-42-39-36-27-24-21-18-15-12-9-3)72-63(67)56-53-50-47-44-41-38-34-29-26-23-20-17-14-11-8-2/h19,22-23,26,28,30,32-33,51,54,60-61H,7-18,20-21,24-25,27,29,31,34-50,52-53,55-59H2,1-6H3,(H-,64,66,68,69)/b22-19-,26-23-,30-28-,33-32-,54-51-. The molecule has 0 aliphatic heterocycles. The average Bonchev–Trinajstić information content (AvgIpc) is 3.35. The summed E-state index contributed by atoms with van der Waals surface area (Å²) in [4.78, 5) is 40.0. The van der Waals surface area contributed by atoms with Gasteiger partial charge in [0, 0.05) is 12.8 Å². The van der Waals surface area contributed by atoms with Crippen molar-refractivity contribution in [3.63, 3.8) is 0 Å². The van der Waals surface area contributed by atoms with Crippen LogP contribution in [0.15, 0.2) is 60.8 Å². The van der Waals surface area contributed by atoms with Crippen molar-refractivity contribution < 1.29 is 37.3 Å². The number of unbranched alkanes of at least 4 members (excludes halogenated alkanes) is 31. The zero-order valence-electron chi connectivity index (χ0n) is 48.6. The zero-order chi connectivity index (χ0) is 53.6. The van der Waals surface area contributed by atoms with Gasteiger partial charge in [-0.25, -0.2) is 0 Å². The van der Waals surface area contributed by atoms with Gasteiger partial charge in [0.25, 0.3) is 7.82 Å². The van der Waals surface area contributed by atoms with E-state index < -0.39 is 26.6 Å². The number of nitrogens with zero attached hydrogens (tertiary/aromatic N) is 1. The molecule has 1 amide bonds. The first kappa shape index (κ1) is 70.7. The van der Waals surface area contributed by atoms with Gasteiger partial charge < -0.3 is 28.5 Å². The summed E-state index contributed by atoms with van der Waals surface area (Å²) >= 11 is 0. The number of phosphoric ester groups is 1. The monoisotopic (exact) mass is 1040 g/mol. The molecule has 9 nitrogen and oxygen atoms in total. The van der Waals surface area contributed by atoms with Crippen LogP contribution in [0, 0.1) is 0 Å². The van der Waals surface area contributed by atoms with Crippen molar-refractivity contribution in [2.24, 2.45) is 0 Å². The van der Waals surface area contributed by atoms with Gasteiger partial charge >= 0.3 is 5.97 Å². The van der Waals surface area contributed by atoms with Crippen LogP contribution in [0.1, 0.15) is 278 Å². The Balaban J connectivity index is 5.33. The summed E-state index contributed by atoms with van der Waals surface area (Å²) in [6, 6.07) is -0.897. The normalized spacial score (nSPS) is 14.1. The van der Waals surface area contributed by atoms with Gasteiger partial charge in [0.2, 0.25) is 5.91 Å². The molecule has 73 heavy (non-hydrogen) atoms. The highest BCUT2D eigenvalue weighted by Gasteiger charge is 2.27. The number of quaternary nitrogens is 1. The maximum absolute atomic E-state index is 13.5. The van der Waals surface area contributed by atoms with E-state index in [-0.39, 0.29) is 24.9 Å². The fourth-order valence-electron chi connectivity index (χ4n) is 8.64. The van der Waals surface area contributed by atoms with Crippen LogP contribution in [0.2, 0.25) is 0 Å². The number of esters is 1. The van der Waals surface area contributed by atoms with Gasteiger partial charge in [-0.3, -0.25) is 14.2 Å². The number of hydrogen-bond acceptors (Lipinski definition) is 7. The molecular weight excluding hydrogens is 928 g/mol. The van der Waals surface area contributed by atoms with Gasteiger partial charge in [-0.1, -0.05) is 230 Å². The van der Waals surface area contributed by atoms with Crippen LogP contribution >= 0.6 is 7.82 Å². The number of allylic oxidation sites excluding steroid dienone is 9. The minimum absolute atomic E-state index is 0.0267. The summed E-state index contributed by atoms with van der Waals surface area (Å²) in [5.74, 6) is -0.556. The van der Waals surface area contributed by atoms with Gasteiger partial charge in [0.1, 0.15) is 19.3 Å². The number of rotatable bonds is 55. The molecule has 0 aliphatic rings. The maximum atomic E-state index is 13.5. The number of likely N-dealkylation sites (N-methyl/N-ethyl adjacent to an activating group) is 1. The van der Waals surface area contributed by atoms with Crippen molar-refractivity contribution in [1.82, 2.24) is 5.32 Å². The molecule has 426 valence electrons. The molecule has 3 unspecified atom stereocenters. The van der Waals surface area contributed by atoms with Crippen LogP contribution in [0.4, 0.5) is 0 Å². The van der Waals surface area contributed by atoms with Crippen LogP contribution in [0.25, 0.3) is 0 Å². The fraction of sp³-hybridized carbons (Fsp3) is 0.810. The van der Waals surface area contributed by atoms with Gasteiger partial charge in [-0.2, -0.15) is 0 Å². The van der Waals surface area contributed by atoms with Gasteiger partial charge in [0.05, 0.1) is 33.8 Å². The predicted molar refractivity (Wildman–Crippen MR) is 312 cm³/mol. The minimum atomic E-state index is -4.70. The SMILES string of the molecule is CCCCC/C=C\C/C=C\C/C=C\CCCCCCCCC(=O)NC(COP(=O)([O-])OCC[N+](C)(C)C)C(/C=C\CCCCCCCCCCCCC)OC(=O)CCCCCCCCC/C=C\CCCCCC. The molecule has 0 saturated heterocycles. The highest BCUT2D eigenvalue weighted by molar-refractivity contribution is 7.45. The zero-order valence-corrected chi connectivity index (χ0v) is 49.5. The van der Waals surface area contributed by atoms with Crippen molar-refractivity contribution in [2.75, 3.05) is 40.9 Å². The van der Waals surface area contributed by atoms with Crippen LogP contribution in [0.5, 0.6) is 0 Å². The molecule has 0 spiro atoms. The third-order valence-corrected chi connectivity index (χ3v) is 14.4. The molecule has 0 heterocycles. The number of carbonyl (C=O) groups excluding carboxylic acids is 2. The third kappa shape index (κ3) is 54.3. The van der Waals surface area contributed by atoms with Crippen molar-refractivity contribution in [3.05, 3.63) is 60.8 Å². The number of hydrogen-bond donors (Lipinski definition) is 1. The van der Waals surface area contributed by atoms with Crippen LogP contribution in [-0.4, -0.2) is 69.4 Å². The maximum Gasteiger partial charge on any atom is 0.306 e. The third-order valence-electron chi connectivity index (χ3n) is 13.4. The lowest BCUT2D eigenvalue weighted by Crippen LogP contribution is -2.47. The number of phosphoric acid groups is 1. The lowest BCUT2D eigenvalue weighted by Gasteiger charge is -2.30. The number of ether oxygens (including phenoxy) is 1. The lowest BCUT2D eigenvalue weighted by molar-refractivity contribution is -0.870. The van der Waals surface area contributed by atoms with Crippen LogP contribution in [0.3, 0.4) is 0 Å². The van der Waals surface area contributed by atoms with E-state index in [9.17, 15) is 19.0 Å². The Morgan fingerprint density at radius 1 is 0.479 bits per heavy atom. The Hall–Kier alpha value is -2.29. The Morgan fingerprint density at radius 3 is 1.30 bits per heavy atom. The van der Waals surface area contributed by atoms with Crippen molar-refractivity contribution >= 4 is 19.7 Å². The Labute approximate surface area is 451 Å². The van der Waals surface area contributed by atoms with E-state index in [0.29, 0.717) is 17.4 Å². The van der Waals surface area contributed by atoms with E-state index in [1.807, 2.05) is 33.3 Å².